The summed E-state index contributed by atoms with van der Waals surface area (Å²) in [5.74, 6) is -1.46. The molecular weight excluding hydrogens is 577 g/mol. The molecule has 1 unspecified atom stereocenters. The van der Waals surface area contributed by atoms with Crippen molar-refractivity contribution in [1.29, 1.82) is 0 Å². The van der Waals surface area contributed by atoms with Crippen LogP contribution in [0.2, 0.25) is 0 Å². The first-order valence-electron chi connectivity index (χ1n) is 14.1. The molecule has 0 saturated carbocycles. The molecule has 7 nitrogen and oxygen atoms in total. The average Bonchev–Trinajstić information content (AvgIpc) is 3.03. The van der Waals surface area contributed by atoms with E-state index in [1.54, 1.807) is 24.3 Å². The molecule has 0 aromatic heterocycles. The van der Waals surface area contributed by atoms with Gasteiger partial charge in [-0.3, -0.25) is 0 Å². The predicted molar refractivity (Wildman–Crippen MR) is 156 cm³/mol. The van der Waals surface area contributed by atoms with E-state index in [4.69, 9.17) is 14.2 Å². The van der Waals surface area contributed by atoms with Crippen LogP contribution >= 0.6 is 0 Å². The first-order valence-corrected chi connectivity index (χ1v) is 14.1. The van der Waals surface area contributed by atoms with Gasteiger partial charge in [0.1, 0.15) is 47.6 Å². The van der Waals surface area contributed by atoms with Gasteiger partial charge >= 0.3 is 0 Å². The Hall–Kier alpha value is -3.77. The van der Waals surface area contributed by atoms with Gasteiger partial charge in [0.05, 0.1) is 32.5 Å². The van der Waals surface area contributed by atoms with Crippen LogP contribution in [0.25, 0.3) is 0 Å². The fraction of sp³-hybridized carbons (Fsp3) is 0.294. The largest absolute Gasteiger partial charge is 0.508 e. The number of ether oxygens (including phenoxy) is 3. The summed E-state index contributed by atoms with van der Waals surface area (Å²) in [5.41, 5.74) is 1.62. The van der Waals surface area contributed by atoms with Gasteiger partial charge in [0.15, 0.2) is 0 Å². The molecule has 4 aromatic rings. The molecule has 0 spiro atoms. The second-order valence-electron chi connectivity index (χ2n) is 10.3. The normalized spacial score (nSPS) is 15.0. The van der Waals surface area contributed by atoms with Crippen molar-refractivity contribution in [3.8, 4) is 5.75 Å². The van der Waals surface area contributed by atoms with E-state index in [1.807, 2.05) is 0 Å². The zero-order valence-electron chi connectivity index (χ0n) is 23.8. The maximum atomic E-state index is 14.8. The van der Waals surface area contributed by atoms with Gasteiger partial charge in [-0.05, 0) is 53.1 Å². The third-order valence-electron chi connectivity index (χ3n) is 7.16. The fourth-order valence-electron chi connectivity index (χ4n) is 4.63. The Morgan fingerprint density at radius 1 is 0.568 bits per heavy atom. The van der Waals surface area contributed by atoms with Gasteiger partial charge in [-0.25, -0.2) is 13.2 Å². The number of benzene rings is 4. The lowest BCUT2D eigenvalue weighted by molar-refractivity contribution is -0.184. The molecule has 0 bridgehead atoms. The molecule has 0 amide bonds. The SMILES string of the molecule is OC[C@@H](OCc1ccc(O)cc1)[C@@H](O)[C@H](O)[C@H](OCc1ccc(F)cc1)C(Cc1ccccc1F)OCc1ccccc1F. The van der Waals surface area contributed by atoms with Crippen molar-refractivity contribution in [2.75, 3.05) is 6.61 Å². The molecule has 44 heavy (non-hydrogen) atoms. The summed E-state index contributed by atoms with van der Waals surface area (Å²) in [5, 5.41) is 42.3. The highest BCUT2D eigenvalue weighted by Crippen LogP contribution is 2.24. The molecule has 4 rings (SSSR count). The van der Waals surface area contributed by atoms with E-state index in [9.17, 15) is 33.6 Å². The minimum atomic E-state index is -1.75. The van der Waals surface area contributed by atoms with E-state index < -0.39 is 54.6 Å². The summed E-state index contributed by atoms with van der Waals surface area (Å²) in [6, 6.07) is 23.5. The van der Waals surface area contributed by atoms with Gasteiger partial charge in [-0.15, -0.1) is 0 Å². The molecular formula is C34H35F3O7. The van der Waals surface area contributed by atoms with Crippen molar-refractivity contribution in [1.82, 2.24) is 0 Å². The van der Waals surface area contributed by atoms with Crippen molar-refractivity contribution in [2.45, 2.75) is 56.8 Å². The molecule has 0 heterocycles. The summed E-state index contributed by atoms with van der Waals surface area (Å²) in [6.45, 7) is -1.14. The zero-order valence-corrected chi connectivity index (χ0v) is 23.8. The lowest BCUT2D eigenvalue weighted by Gasteiger charge is -2.35. The average molecular weight is 613 g/mol. The number of phenolic OH excluding ortho intramolecular Hbond substituents is 1. The number of phenols is 1. The molecule has 0 saturated heterocycles. The molecule has 0 aliphatic carbocycles. The number of rotatable bonds is 16. The standard InChI is InChI=1S/C34H35F3O7/c35-26-13-9-22(10-14-26)20-44-34(33(41)32(40)31(18-38)42-19-23-11-15-27(39)16-12-23)30(17-24-5-1-3-7-28(24)36)43-21-25-6-2-4-8-29(25)37/h1-16,30-34,38-41H,17-21H2/t30?,31-,32-,33+,34-/m1/s1. The van der Waals surface area contributed by atoms with Crippen molar-refractivity contribution in [3.05, 3.63) is 137 Å². The van der Waals surface area contributed by atoms with Crippen LogP contribution in [0.1, 0.15) is 22.3 Å². The lowest BCUT2D eigenvalue weighted by atomic mass is 9.94. The second-order valence-corrected chi connectivity index (χ2v) is 10.3. The van der Waals surface area contributed by atoms with Gasteiger partial charge in [-0.1, -0.05) is 60.7 Å². The van der Waals surface area contributed by atoms with Gasteiger partial charge in [0, 0.05) is 12.0 Å². The predicted octanol–water partition coefficient (Wildman–Crippen LogP) is 4.82. The number of hydrogen-bond acceptors (Lipinski definition) is 7. The molecule has 4 aromatic carbocycles. The number of aliphatic hydroxyl groups is 3. The Bertz CT molecular complexity index is 1440. The van der Waals surface area contributed by atoms with Gasteiger partial charge in [0.2, 0.25) is 0 Å². The first-order chi connectivity index (χ1) is 21.2. The monoisotopic (exact) mass is 612 g/mol. The molecule has 4 N–H and O–H groups in total. The highest BCUT2D eigenvalue weighted by atomic mass is 19.1. The van der Waals surface area contributed by atoms with E-state index in [-0.39, 0.29) is 43.1 Å². The number of aromatic hydroxyl groups is 1. The van der Waals surface area contributed by atoms with Crippen LogP contribution in [-0.4, -0.2) is 57.6 Å². The van der Waals surface area contributed by atoms with Gasteiger partial charge < -0.3 is 34.6 Å². The van der Waals surface area contributed by atoms with E-state index in [0.717, 1.165) is 0 Å². The van der Waals surface area contributed by atoms with E-state index in [2.05, 4.69) is 0 Å². The quantitative estimate of drug-likeness (QED) is 0.144. The zero-order chi connectivity index (χ0) is 31.5. The molecule has 234 valence electrons. The van der Waals surface area contributed by atoms with E-state index in [0.29, 0.717) is 11.1 Å². The Balaban J connectivity index is 1.61. The van der Waals surface area contributed by atoms with Crippen LogP contribution in [0.15, 0.2) is 97.1 Å². The van der Waals surface area contributed by atoms with Gasteiger partial charge in [0.25, 0.3) is 0 Å². The maximum Gasteiger partial charge on any atom is 0.128 e. The Morgan fingerprint density at radius 2 is 1.09 bits per heavy atom. The van der Waals surface area contributed by atoms with Crippen LogP contribution in [0.5, 0.6) is 5.75 Å². The van der Waals surface area contributed by atoms with Crippen LogP contribution in [0.4, 0.5) is 13.2 Å². The highest BCUT2D eigenvalue weighted by Gasteiger charge is 2.39. The molecule has 0 aliphatic heterocycles. The summed E-state index contributed by atoms with van der Waals surface area (Å²) >= 11 is 0. The maximum absolute atomic E-state index is 14.8. The van der Waals surface area contributed by atoms with Crippen molar-refractivity contribution in [3.63, 3.8) is 0 Å². The van der Waals surface area contributed by atoms with Crippen molar-refractivity contribution < 1.29 is 47.8 Å². The molecule has 0 aliphatic rings. The molecule has 10 heteroatoms. The smallest absolute Gasteiger partial charge is 0.128 e. The number of aliphatic hydroxyl groups excluding tert-OH is 3. The number of hydrogen-bond donors (Lipinski definition) is 4. The first kappa shape index (κ1) is 33.1. The van der Waals surface area contributed by atoms with Crippen molar-refractivity contribution in [2.24, 2.45) is 0 Å². The Kier molecular flexibility index (Phi) is 12.3. The lowest BCUT2D eigenvalue weighted by Crippen LogP contribution is -2.52. The highest BCUT2D eigenvalue weighted by molar-refractivity contribution is 5.25. The molecule has 0 radical (unpaired) electrons. The van der Waals surface area contributed by atoms with Crippen LogP contribution < -0.4 is 0 Å². The molecule has 0 fully saturated rings. The minimum Gasteiger partial charge on any atom is -0.508 e. The Morgan fingerprint density at radius 3 is 1.68 bits per heavy atom. The minimum absolute atomic E-state index is 0.0559. The third kappa shape index (κ3) is 9.36. The molecule has 5 atom stereocenters. The summed E-state index contributed by atoms with van der Waals surface area (Å²) < 4.78 is 60.6. The second kappa shape index (κ2) is 16.3. The topological polar surface area (TPSA) is 109 Å². The summed E-state index contributed by atoms with van der Waals surface area (Å²) in [4.78, 5) is 0. The van der Waals surface area contributed by atoms with Gasteiger partial charge in [-0.2, -0.15) is 0 Å². The van der Waals surface area contributed by atoms with Crippen LogP contribution in [-0.2, 0) is 40.5 Å². The fourth-order valence-corrected chi connectivity index (χ4v) is 4.63. The summed E-state index contributed by atoms with van der Waals surface area (Å²) in [6.07, 6.45) is -7.35. The van der Waals surface area contributed by atoms with Crippen LogP contribution in [0.3, 0.4) is 0 Å². The van der Waals surface area contributed by atoms with Crippen molar-refractivity contribution >= 4 is 0 Å². The number of halogens is 3. The van der Waals surface area contributed by atoms with Crippen LogP contribution in [0, 0.1) is 17.5 Å². The Labute approximate surface area is 253 Å². The van der Waals surface area contributed by atoms with E-state index >= 15 is 0 Å². The third-order valence-corrected chi connectivity index (χ3v) is 7.16. The van der Waals surface area contributed by atoms with E-state index in [1.165, 1.54) is 72.8 Å². The summed E-state index contributed by atoms with van der Waals surface area (Å²) in [7, 11) is 0.